The van der Waals surface area contributed by atoms with Gasteiger partial charge in [-0.05, 0) is 31.9 Å². The van der Waals surface area contributed by atoms with Crippen molar-refractivity contribution in [2.24, 2.45) is 0 Å². The molecule has 29 heavy (non-hydrogen) atoms. The zero-order valence-corrected chi connectivity index (χ0v) is 18.9. The largest absolute Gasteiger partial charge is 0.496 e. The number of halogens is 1. The maximum atomic E-state index is 9.31. The third-order valence-corrected chi connectivity index (χ3v) is 4.38. The van der Waals surface area contributed by atoms with Gasteiger partial charge in [0.1, 0.15) is 17.2 Å². The van der Waals surface area contributed by atoms with Crippen LogP contribution >= 0.6 is 11.6 Å². The van der Waals surface area contributed by atoms with Crippen LogP contribution in [-0.4, -0.2) is 40.4 Å². The fraction of sp³-hybridized carbons (Fsp3) is 0.409. The van der Waals surface area contributed by atoms with Gasteiger partial charge in [0.2, 0.25) is 0 Å². The van der Waals surface area contributed by atoms with E-state index in [9.17, 15) is 4.79 Å². The van der Waals surface area contributed by atoms with Crippen molar-refractivity contribution in [3.05, 3.63) is 47.0 Å². The number of alkyl halides is 1. The highest BCUT2D eigenvalue weighted by Crippen LogP contribution is 2.36. The number of ether oxygens (including phenoxy) is 4. The summed E-state index contributed by atoms with van der Waals surface area (Å²) < 4.78 is 20.5. The van der Waals surface area contributed by atoms with Gasteiger partial charge in [-0.2, -0.15) is 0 Å². The zero-order chi connectivity index (χ0) is 22.0. The Labute approximate surface area is 178 Å². The number of methoxy groups -OCH3 is 3. The van der Waals surface area contributed by atoms with Crippen LogP contribution < -0.4 is 19.1 Å². The van der Waals surface area contributed by atoms with Crippen molar-refractivity contribution < 1.29 is 23.7 Å². The summed E-state index contributed by atoms with van der Waals surface area (Å²) in [5.74, 6) is 2.25. The van der Waals surface area contributed by atoms with Crippen molar-refractivity contribution in [1.29, 1.82) is 0 Å². The van der Waals surface area contributed by atoms with Crippen molar-refractivity contribution in [2.75, 3.05) is 33.3 Å². The molecule has 0 N–H and O–H groups in total. The first-order valence-electron chi connectivity index (χ1n) is 9.08. The van der Waals surface area contributed by atoms with Crippen LogP contribution in [-0.2, 0) is 16.1 Å². The van der Waals surface area contributed by atoms with Crippen LogP contribution in [0.4, 0.5) is 5.69 Å². The number of hydrogen-bond donors (Lipinski definition) is 0. The Morgan fingerprint density at radius 2 is 1.55 bits per heavy atom. The molecule has 0 aromatic heterocycles. The highest BCUT2D eigenvalue weighted by atomic mass is 35.5. The van der Waals surface area contributed by atoms with E-state index in [2.05, 4.69) is 48.7 Å². The Balaban J connectivity index is 0.000000612. The first-order chi connectivity index (χ1) is 13.8. The molecule has 0 amide bonds. The van der Waals surface area contributed by atoms with Crippen LogP contribution in [0.15, 0.2) is 30.3 Å². The number of carbonyl (C=O) groups excluding carboxylic acids is 1. The van der Waals surface area contributed by atoms with Gasteiger partial charge in [-0.15, -0.1) is 0 Å². The van der Waals surface area contributed by atoms with Gasteiger partial charge in [0.25, 0.3) is 6.47 Å². The number of carbonyl (C=O) groups is 1. The number of nitrogens with zero attached hydrogens (tertiary/aromatic N) is 1. The summed E-state index contributed by atoms with van der Waals surface area (Å²) in [5.41, 5.74) is 4.23. The van der Waals surface area contributed by atoms with Gasteiger partial charge in [-0.3, -0.25) is 4.79 Å². The molecule has 2 aromatic carbocycles. The van der Waals surface area contributed by atoms with Crippen LogP contribution in [0.5, 0.6) is 17.2 Å². The second-order valence-corrected chi connectivity index (χ2v) is 7.00. The Morgan fingerprint density at radius 3 is 1.90 bits per heavy atom. The number of anilines is 1. The normalized spacial score (nSPS) is 10.9. The predicted molar refractivity (Wildman–Crippen MR) is 117 cm³/mol. The predicted octanol–water partition coefficient (Wildman–Crippen LogP) is 4.71. The van der Waals surface area contributed by atoms with E-state index in [4.69, 9.17) is 25.8 Å². The molecule has 0 saturated carbocycles. The maximum absolute atomic E-state index is 9.31. The van der Waals surface area contributed by atoms with Crippen LogP contribution in [0, 0.1) is 13.8 Å². The topological polar surface area (TPSA) is 57.2 Å². The van der Waals surface area contributed by atoms with Gasteiger partial charge >= 0.3 is 0 Å². The van der Waals surface area contributed by atoms with Gasteiger partial charge in [-0.25, -0.2) is 0 Å². The van der Waals surface area contributed by atoms with Crippen molar-refractivity contribution >= 4 is 23.8 Å². The summed E-state index contributed by atoms with van der Waals surface area (Å²) in [7, 11) is 7.04. The Morgan fingerprint density at radius 1 is 1.03 bits per heavy atom. The number of rotatable bonds is 8. The molecule has 0 radical (unpaired) electrons. The summed E-state index contributed by atoms with van der Waals surface area (Å²) in [5, 5.41) is 0. The molecule has 2 aromatic rings. The van der Waals surface area contributed by atoms with Crippen molar-refractivity contribution in [3.63, 3.8) is 0 Å². The average molecular weight is 424 g/mol. The second-order valence-electron chi connectivity index (χ2n) is 6.38. The van der Waals surface area contributed by atoms with E-state index in [0.717, 1.165) is 22.8 Å². The molecule has 0 aliphatic heterocycles. The Hall–Kier alpha value is -2.60. The van der Waals surface area contributed by atoms with Gasteiger partial charge in [0.05, 0.1) is 26.9 Å². The average Bonchev–Trinajstić information content (AvgIpc) is 2.68. The third-order valence-electron chi connectivity index (χ3n) is 4.28. The molecule has 160 valence electrons. The van der Waals surface area contributed by atoms with Crippen molar-refractivity contribution in [1.82, 2.24) is 0 Å². The summed E-state index contributed by atoms with van der Waals surface area (Å²) in [4.78, 5) is 11.5. The van der Waals surface area contributed by atoms with E-state index in [1.165, 1.54) is 16.8 Å². The molecular formula is C22H30ClNO5. The van der Waals surface area contributed by atoms with E-state index in [1.54, 1.807) is 28.3 Å². The molecular weight excluding hydrogens is 394 g/mol. The van der Waals surface area contributed by atoms with Crippen LogP contribution in [0.1, 0.15) is 23.6 Å². The second kappa shape index (κ2) is 12.1. The smallest absolute Gasteiger partial charge is 0.294 e. The molecule has 7 heteroatoms. The summed E-state index contributed by atoms with van der Waals surface area (Å²) in [6.45, 7) is 6.82. The van der Waals surface area contributed by atoms with Crippen LogP contribution in [0.2, 0.25) is 0 Å². The molecule has 0 spiro atoms. The molecule has 0 saturated heterocycles. The molecule has 2 rings (SSSR count). The maximum Gasteiger partial charge on any atom is 0.294 e. The van der Waals surface area contributed by atoms with Crippen LogP contribution in [0.25, 0.3) is 0 Å². The number of para-hydroxylation sites is 1. The highest BCUT2D eigenvalue weighted by Gasteiger charge is 2.17. The van der Waals surface area contributed by atoms with Crippen molar-refractivity contribution in [3.8, 4) is 17.2 Å². The Bertz CT molecular complexity index is 750. The van der Waals surface area contributed by atoms with Crippen molar-refractivity contribution in [2.45, 2.75) is 32.9 Å². The molecule has 0 fully saturated rings. The first-order valence-corrected chi connectivity index (χ1v) is 9.52. The lowest BCUT2D eigenvalue weighted by molar-refractivity contribution is -0.129. The monoisotopic (exact) mass is 423 g/mol. The molecule has 0 aliphatic rings. The summed E-state index contributed by atoms with van der Waals surface area (Å²) >= 11 is 5.12. The highest BCUT2D eigenvalue weighted by molar-refractivity contribution is 6.19. The molecule has 0 heterocycles. The van der Waals surface area contributed by atoms with Gasteiger partial charge in [0, 0.05) is 31.4 Å². The molecule has 1 atom stereocenters. The number of hydrogen-bond acceptors (Lipinski definition) is 6. The lowest BCUT2D eigenvalue weighted by Crippen LogP contribution is -2.19. The van der Waals surface area contributed by atoms with Gasteiger partial charge in [0.15, 0.2) is 5.56 Å². The van der Waals surface area contributed by atoms with E-state index < -0.39 is 5.56 Å². The molecule has 6 nitrogen and oxygen atoms in total. The van der Waals surface area contributed by atoms with E-state index in [1.807, 2.05) is 12.1 Å². The molecule has 0 bridgehead atoms. The fourth-order valence-electron chi connectivity index (χ4n) is 3.03. The van der Waals surface area contributed by atoms with Crippen LogP contribution in [0.3, 0.4) is 0 Å². The van der Waals surface area contributed by atoms with E-state index in [0.29, 0.717) is 13.0 Å². The van der Waals surface area contributed by atoms with E-state index in [-0.39, 0.29) is 0 Å². The minimum atomic E-state index is -0.498. The molecule has 0 aliphatic carbocycles. The standard InChI is InChI=1S/C19H25NO3.C3H5ClO2/c1-13-8-7-9-14(2)19(13)20(3)12-16-17(22-5)10-15(21-4)11-18(16)23-6;1-3(4)6-2-5/h7-11H,12H2,1-6H3;2-3H,1H3. The molecule has 1 unspecified atom stereocenters. The fourth-order valence-corrected chi connectivity index (χ4v) is 3.08. The van der Waals surface area contributed by atoms with Gasteiger partial charge < -0.3 is 23.8 Å². The Kier molecular flexibility index (Phi) is 10.2. The van der Waals surface area contributed by atoms with Gasteiger partial charge in [-0.1, -0.05) is 29.8 Å². The lowest BCUT2D eigenvalue weighted by Gasteiger charge is -2.25. The minimum Gasteiger partial charge on any atom is -0.496 e. The summed E-state index contributed by atoms with van der Waals surface area (Å²) in [6, 6.07) is 10.1. The summed E-state index contributed by atoms with van der Waals surface area (Å²) in [6.07, 6.45) is 0. The lowest BCUT2D eigenvalue weighted by atomic mass is 10.1. The SMILES string of the molecule is CC(Cl)OC=O.COc1cc(OC)c(CN(C)c2c(C)cccc2C)c(OC)c1. The van der Waals surface area contributed by atoms with E-state index >= 15 is 0 Å². The zero-order valence-electron chi connectivity index (χ0n) is 18.1. The third kappa shape index (κ3) is 7.06. The first kappa shape index (κ1) is 24.4. The quantitative estimate of drug-likeness (QED) is 0.452. The number of benzene rings is 2. The minimum absolute atomic E-state index is 0.317. The number of aryl methyl sites for hydroxylation is 2.